The van der Waals surface area contributed by atoms with Crippen molar-refractivity contribution >= 4 is 28.4 Å². The highest BCUT2D eigenvalue weighted by Gasteiger charge is 2.17. The van der Waals surface area contributed by atoms with E-state index in [0.29, 0.717) is 18.5 Å². The van der Waals surface area contributed by atoms with E-state index in [2.05, 4.69) is 21.0 Å². The van der Waals surface area contributed by atoms with Crippen LogP contribution in [0, 0.1) is 5.82 Å². The average Bonchev–Trinajstić information content (AvgIpc) is 3.52. The van der Waals surface area contributed by atoms with Gasteiger partial charge in [-0.05, 0) is 85.4 Å². The van der Waals surface area contributed by atoms with Gasteiger partial charge < -0.3 is 15.6 Å². The Kier molecular flexibility index (Phi) is 7.32. The average molecular weight is 499 g/mol. The molecule has 37 heavy (non-hydrogen) atoms. The predicted octanol–water partition coefficient (Wildman–Crippen LogP) is 5.09. The minimum atomic E-state index is -0.489. The number of aryl methyl sites for hydroxylation is 1. The number of aromatic nitrogens is 1. The standard InChI is InChI=1S/C30H31FN4O2/c31-24-10-7-21(8-11-24)18-35-20-23(19-34-15-3-4-16-34)27-17-25(12-13-28(27)35)33-29(36)14-9-22-5-1-2-6-26(22)30(32)37/h1-2,5-8,10-13,17,20H,3-4,9,14-16,18-19H2,(H2,32,37)(H,33,36). The van der Waals surface area contributed by atoms with Crippen LogP contribution in [0.3, 0.4) is 0 Å². The fourth-order valence-electron chi connectivity index (χ4n) is 5.12. The number of halogens is 1. The molecule has 5 rings (SSSR count). The molecule has 1 fully saturated rings. The van der Waals surface area contributed by atoms with Gasteiger partial charge in [-0.15, -0.1) is 0 Å². The Morgan fingerprint density at radius 2 is 1.68 bits per heavy atom. The number of benzene rings is 3. The molecule has 4 aromatic rings. The summed E-state index contributed by atoms with van der Waals surface area (Å²) in [5.41, 5.74) is 10.7. The molecule has 3 aromatic carbocycles. The molecular weight excluding hydrogens is 467 g/mol. The fourth-order valence-corrected chi connectivity index (χ4v) is 5.12. The summed E-state index contributed by atoms with van der Waals surface area (Å²) in [6.45, 7) is 3.68. The van der Waals surface area contributed by atoms with Gasteiger partial charge in [0, 0.05) is 47.9 Å². The molecule has 0 radical (unpaired) electrons. The molecule has 1 aliphatic rings. The molecular formula is C30H31FN4O2. The number of primary amides is 1. The first-order chi connectivity index (χ1) is 18.0. The first-order valence-corrected chi connectivity index (χ1v) is 12.7. The molecule has 0 unspecified atom stereocenters. The van der Waals surface area contributed by atoms with Gasteiger partial charge in [0.25, 0.3) is 0 Å². The maximum Gasteiger partial charge on any atom is 0.248 e. The summed E-state index contributed by atoms with van der Waals surface area (Å²) >= 11 is 0. The van der Waals surface area contributed by atoms with Crippen LogP contribution in [0.15, 0.2) is 72.9 Å². The van der Waals surface area contributed by atoms with Gasteiger partial charge in [-0.2, -0.15) is 0 Å². The van der Waals surface area contributed by atoms with Gasteiger partial charge in [0.05, 0.1) is 0 Å². The predicted molar refractivity (Wildman–Crippen MR) is 144 cm³/mol. The third-order valence-corrected chi connectivity index (χ3v) is 7.01. The monoisotopic (exact) mass is 498 g/mol. The molecule has 190 valence electrons. The Morgan fingerprint density at radius 1 is 0.919 bits per heavy atom. The van der Waals surface area contributed by atoms with Crippen molar-refractivity contribution in [3.8, 4) is 0 Å². The Labute approximate surface area is 215 Å². The van der Waals surface area contributed by atoms with Crippen LogP contribution in [0.2, 0.25) is 0 Å². The second kappa shape index (κ2) is 11.0. The lowest BCUT2D eigenvalue weighted by Crippen LogP contribution is -2.18. The molecule has 7 heteroatoms. The van der Waals surface area contributed by atoms with Crippen LogP contribution in [0.5, 0.6) is 0 Å². The van der Waals surface area contributed by atoms with E-state index >= 15 is 0 Å². The van der Waals surface area contributed by atoms with Crippen LogP contribution in [0.4, 0.5) is 10.1 Å². The lowest BCUT2D eigenvalue weighted by atomic mass is 10.0. The number of anilines is 1. The Hall–Kier alpha value is -3.97. The van der Waals surface area contributed by atoms with Gasteiger partial charge in [-0.3, -0.25) is 14.5 Å². The summed E-state index contributed by atoms with van der Waals surface area (Å²) in [5, 5.41) is 4.12. The maximum absolute atomic E-state index is 13.4. The molecule has 3 N–H and O–H groups in total. The number of nitrogens with zero attached hydrogens (tertiary/aromatic N) is 2. The second-order valence-electron chi connectivity index (χ2n) is 9.69. The lowest BCUT2D eigenvalue weighted by molar-refractivity contribution is -0.116. The molecule has 6 nitrogen and oxygen atoms in total. The second-order valence-corrected chi connectivity index (χ2v) is 9.69. The van der Waals surface area contributed by atoms with Gasteiger partial charge in [-0.25, -0.2) is 4.39 Å². The fraction of sp³-hybridized carbons (Fsp3) is 0.267. The van der Waals surface area contributed by atoms with E-state index in [1.165, 1.54) is 30.5 Å². The molecule has 1 aromatic heterocycles. The molecule has 1 aliphatic heterocycles. The molecule has 0 bridgehead atoms. The Balaban J connectivity index is 1.35. The zero-order valence-corrected chi connectivity index (χ0v) is 20.8. The largest absolute Gasteiger partial charge is 0.366 e. The Bertz CT molecular complexity index is 1420. The quantitative estimate of drug-likeness (QED) is 0.337. The summed E-state index contributed by atoms with van der Waals surface area (Å²) in [6.07, 6.45) is 5.29. The van der Waals surface area contributed by atoms with Crippen molar-refractivity contribution < 1.29 is 14.0 Å². The number of rotatable bonds is 9. The number of nitrogens with one attached hydrogen (secondary N) is 1. The summed E-state index contributed by atoms with van der Waals surface area (Å²) < 4.78 is 15.6. The van der Waals surface area contributed by atoms with Crippen molar-refractivity contribution in [2.24, 2.45) is 5.73 Å². The van der Waals surface area contributed by atoms with Gasteiger partial charge in [0.15, 0.2) is 0 Å². The Morgan fingerprint density at radius 3 is 2.43 bits per heavy atom. The zero-order chi connectivity index (χ0) is 25.8. The van der Waals surface area contributed by atoms with E-state index in [4.69, 9.17) is 5.73 Å². The van der Waals surface area contributed by atoms with Crippen molar-refractivity contribution in [3.05, 3.63) is 101 Å². The maximum atomic E-state index is 13.4. The summed E-state index contributed by atoms with van der Waals surface area (Å²) in [6, 6.07) is 19.7. The van der Waals surface area contributed by atoms with Crippen molar-refractivity contribution in [1.29, 1.82) is 0 Å². The van der Waals surface area contributed by atoms with Crippen molar-refractivity contribution in [2.45, 2.75) is 38.8 Å². The van der Waals surface area contributed by atoms with Crippen LogP contribution in [0.1, 0.15) is 46.3 Å². The first-order valence-electron chi connectivity index (χ1n) is 12.7. The zero-order valence-electron chi connectivity index (χ0n) is 20.8. The molecule has 2 heterocycles. The van der Waals surface area contributed by atoms with Gasteiger partial charge >= 0.3 is 0 Å². The normalized spacial score (nSPS) is 13.8. The molecule has 0 saturated carbocycles. The number of carbonyl (C=O) groups excluding carboxylic acids is 2. The van der Waals surface area contributed by atoms with Crippen LogP contribution < -0.4 is 11.1 Å². The van der Waals surface area contributed by atoms with Crippen molar-refractivity contribution in [1.82, 2.24) is 9.47 Å². The van der Waals surface area contributed by atoms with Gasteiger partial charge in [0.2, 0.25) is 11.8 Å². The SMILES string of the molecule is NC(=O)c1ccccc1CCC(=O)Nc1ccc2c(c1)c(CN1CCCC1)cn2Cc1ccc(F)cc1. The van der Waals surface area contributed by atoms with E-state index < -0.39 is 5.91 Å². The van der Waals surface area contributed by atoms with Gasteiger partial charge in [0.1, 0.15) is 5.82 Å². The number of hydrogen-bond donors (Lipinski definition) is 2. The van der Waals surface area contributed by atoms with Gasteiger partial charge in [-0.1, -0.05) is 30.3 Å². The number of nitrogens with two attached hydrogens (primary N) is 1. The number of hydrogen-bond acceptors (Lipinski definition) is 3. The van der Waals surface area contributed by atoms with Crippen molar-refractivity contribution in [2.75, 3.05) is 18.4 Å². The van der Waals surface area contributed by atoms with E-state index in [1.807, 2.05) is 42.5 Å². The highest BCUT2D eigenvalue weighted by Crippen LogP contribution is 2.28. The highest BCUT2D eigenvalue weighted by molar-refractivity contribution is 5.96. The molecule has 0 spiro atoms. The third-order valence-electron chi connectivity index (χ3n) is 7.01. The summed E-state index contributed by atoms with van der Waals surface area (Å²) in [7, 11) is 0. The topological polar surface area (TPSA) is 80.4 Å². The number of fused-ring (bicyclic) bond motifs is 1. The molecule has 0 atom stereocenters. The number of amides is 2. The van der Waals surface area contributed by atoms with Crippen LogP contribution in [-0.4, -0.2) is 34.4 Å². The van der Waals surface area contributed by atoms with E-state index in [1.54, 1.807) is 12.1 Å². The number of carbonyl (C=O) groups is 2. The third kappa shape index (κ3) is 5.89. The minimum Gasteiger partial charge on any atom is -0.366 e. The number of likely N-dealkylation sites (tertiary alicyclic amines) is 1. The summed E-state index contributed by atoms with van der Waals surface area (Å²) in [5.74, 6) is -0.850. The smallest absolute Gasteiger partial charge is 0.248 e. The van der Waals surface area contributed by atoms with Crippen molar-refractivity contribution in [3.63, 3.8) is 0 Å². The van der Waals surface area contributed by atoms with Crippen LogP contribution >= 0.6 is 0 Å². The molecule has 1 saturated heterocycles. The highest BCUT2D eigenvalue weighted by atomic mass is 19.1. The minimum absolute atomic E-state index is 0.120. The van der Waals surface area contributed by atoms with E-state index in [9.17, 15) is 14.0 Å². The van der Waals surface area contributed by atoms with E-state index in [-0.39, 0.29) is 18.1 Å². The van der Waals surface area contributed by atoms with Crippen LogP contribution in [0.25, 0.3) is 10.9 Å². The lowest BCUT2D eigenvalue weighted by Gasteiger charge is -2.14. The molecule has 0 aliphatic carbocycles. The first kappa shape index (κ1) is 24.7. The van der Waals surface area contributed by atoms with Crippen LogP contribution in [-0.2, 0) is 24.3 Å². The summed E-state index contributed by atoms with van der Waals surface area (Å²) in [4.78, 5) is 26.9. The van der Waals surface area contributed by atoms with E-state index in [0.717, 1.165) is 47.4 Å². The molecule has 2 amide bonds.